The van der Waals surface area contributed by atoms with Crippen LogP contribution in [0.2, 0.25) is 0 Å². The molecule has 0 saturated carbocycles. The fourth-order valence-electron chi connectivity index (χ4n) is 2.47. The molecular weight excluding hydrogens is 282 g/mol. The van der Waals surface area contributed by atoms with Gasteiger partial charge in [-0.2, -0.15) is 0 Å². The minimum Gasteiger partial charge on any atom is -0.486 e. The summed E-state index contributed by atoms with van der Waals surface area (Å²) in [5, 5.41) is 0. The summed E-state index contributed by atoms with van der Waals surface area (Å²) in [7, 11) is 3.32. The second-order valence-corrected chi connectivity index (χ2v) is 5.96. The lowest BCUT2D eigenvalue weighted by Gasteiger charge is -2.36. The molecule has 0 radical (unpaired) electrons. The summed E-state index contributed by atoms with van der Waals surface area (Å²) in [5.41, 5.74) is 1.52. The van der Waals surface area contributed by atoms with Crippen LogP contribution in [0.15, 0.2) is 18.2 Å². The van der Waals surface area contributed by atoms with Gasteiger partial charge in [-0.1, -0.05) is 13.8 Å². The molecule has 1 aromatic carbocycles. The van der Waals surface area contributed by atoms with Crippen molar-refractivity contribution in [3.63, 3.8) is 0 Å². The molecule has 0 N–H and O–H groups in total. The van der Waals surface area contributed by atoms with E-state index in [0.717, 1.165) is 18.0 Å². The number of ketones is 1. The highest BCUT2D eigenvalue weighted by Gasteiger charge is 2.26. The van der Waals surface area contributed by atoms with Gasteiger partial charge in [0.1, 0.15) is 11.9 Å². The van der Waals surface area contributed by atoms with Crippen LogP contribution in [0, 0.1) is 5.92 Å². The Morgan fingerprint density at radius 1 is 1.36 bits per heavy atom. The van der Waals surface area contributed by atoms with Gasteiger partial charge in [-0.05, 0) is 24.1 Å². The number of nitrogens with zero attached hydrogens (tertiary/aromatic N) is 1. The third kappa shape index (κ3) is 3.59. The first-order chi connectivity index (χ1) is 10.4. The number of rotatable bonds is 5. The summed E-state index contributed by atoms with van der Waals surface area (Å²) in [6, 6.07) is 5.44. The first-order valence-corrected chi connectivity index (χ1v) is 7.54. The zero-order chi connectivity index (χ0) is 16.3. The number of hydrogen-bond donors (Lipinski definition) is 0. The maximum absolute atomic E-state index is 12.2. The van der Waals surface area contributed by atoms with Crippen molar-refractivity contribution in [3.8, 4) is 5.75 Å². The van der Waals surface area contributed by atoms with Crippen LogP contribution in [0.3, 0.4) is 0 Å². The van der Waals surface area contributed by atoms with Crippen LogP contribution in [-0.4, -0.2) is 38.6 Å². The van der Waals surface area contributed by atoms with Gasteiger partial charge in [0.2, 0.25) is 0 Å². The smallest absolute Gasteiger partial charge is 0.305 e. The summed E-state index contributed by atoms with van der Waals surface area (Å²) in [5.74, 6) is 0.799. The van der Waals surface area contributed by atoms with Crippen molar-refractivity contribution in [2.24, 2.45) is 5.92 Å². The average Bonchev–Trinajstić information content (AvgIpc) is 2.51. The van der Waals surface area contributed by atoms with Gasteiger partial charge >= 0.3 is 5.97 Å². The molecule has 0 fully saturated rings. The Morgan fingerprint density at radius 2 is 2.09 bits per heavy atom. The number of Topliss-reactive ketones (excluding diaryl/α,β-unsaturated/α-hetero) is 1. The maximum atomic E-state index is 12.2. The standard InChI is InChI=1S/C17H23NO4/c1-11(2)16-10-18(3)13-9-12(5-7-15(13)22-16)14(19)6-8-17(20)21-4/h5,7,9,11,16H,6,8,10H2,1-4H3. The molecule has 0 spiro atoms. The van der Waals surface area contributed by atoms with Crippen LogP contribution in [0.25, 0.3) is 0 Å². The Kier molecular flexibility index (Phi) is 5.06. The molecular formula is C17H23NO4. The summed E-state index contributed by atoms with van der Waals surface area (Å²) in [4.78, 5) is 25.4. The molecule has 0 bridgehead atoms. The van der Waals surface area contributed by atoms with Crippen LogP contribution in [0.5, 0.6) is 5.75 Å². The van der Waals surface area contributed by atoms with Crippen molar-refractivity contribution in [3.05, 3.63) is 23.8 Å². The van der Waals surface area contributed by atoms with Gasteiger partial charge in [-0.15, -0.1) is 0 Å². The molecule has 1 atom stereocenters. The molecule has 0 aromatic heterocycles. The van der Waals surface area contributed by atoms with Gasteiger partial charge in [0.25, 0.3) is 0 Å². The average molecular weight is 305 g/mol. The van der Waals surface area contributed by atoms with E-state index in [1.54, 1.807) is 6.07 Å². The normalized spacial score (nSPS) is 17.0. The van der Waals surface area contributed by atoms with Crippen molar-refractivity contribution >= 4 is 17.4 Å². The molecule has 0 aliphatic carbocycles. The van der Waals surface area contributed by atoms with Crippen LogP contribution in [0.1, 0.15) is 37.0 Å². The van der Waals surface area contributed by atoms with E-state index in [4.69, 9.17) is 4.74 Å². The monoisotopic (exact) mass is 305 g/mol. The van der Waals surface area contributed by atoms with Gasteiger partial charge in [0, 0.05) is 19.0 Å². The number of carbonyl (C=O) groups excluding carboxylic acids is 2. The third-order valence-corrected chi connectivity index (χ3v) is 3.95. The molecule has 1 aromatic rings. The number of esters is 1. The van der Waals surface area contributed by atoms with Gasteiger partial charge in [0.15, 0.2) is 5.78 Å². The number of carbonyl (C=O) groups is 2. The number of fused-ring (bicyclic) bond motifs is 1. The fraction of sp³-hybridized carbons (Fsp3) is 0.529. The second-order valence-electron chi connectivity index (χ2n) is 5.96. The van der Waals surface area contributed by atoms with E-state index in [2.05, 4.69) is 23.5 Å². The fourth-order valence-corrected chi connectivity index (χ4v) is 2.47. The Bertz CT molecular complexity index is 568. The molecule has 1 unspecified atom stereocenters. The summed E-state index contributed by atoms with van der Waals surface area (Å²) >= 11 is 0. The van der Waals surface area contributed by atoms with Crippen molar-refractivity contribution in [1.29, 1.82) is 0 Å². The number of methoxy groups -OCH3 is 1. The SMILES string of the molecule is COC(=O)CCC(=O)c1ccc2c(c1)N(C)CC(C(C)C)O2. The lowest BCUT2D eigenvalue weighted by Crippen LogP contribution is -2.40. The highest BCUT2D eigenvalue weighted by molar-refractivity contribution is 5.98. The third-order valence-electron chi connectivity index (χ3n) is 3.95. The first-order valence-electron chi connectivity index (χ1n) is 7.54. The zero-order valence-corrected chi connectivity index (χ0v) is 13.6. The summed E-state index contributed by atoms with van der Waals surface area (Å²) in [6.07, 6.45) is 0.414. The van der Waals surface area contributed by atoms with E-state index in [1.807, 2.05) is 19.2 Å². The van der Waals surface area contributed by atoms with Gasteiger partial charge < -0.3 is 14.4 Å². The largest absolute Gasteiger partial charge is 0.486 e. The molecule has 1 heterocycles. The molecule has 120 valence electrons. The van der Waals surface area contributed by atoms with Crippen LogP contribution in [0.4, 0.5) is 5.69 Å². The maximum Gasteiger partial charge on any atom is 0.305 e. The van der Waals surface area contributed by atoms with Gasteiger partial charge in [0.05, 0.1) is 25.8 Å². The van der Waals surface area contributed by atoms with Crippen LogP contribution < -0.4 is 9.64 Å². The minimum absolute atomic E-state index is 0.0624. The van der Waals surface area contributed by atoms with E-state index >= 15 is 0 Å². The summed E-state index contributed by atoms with van der Waals surface area (Å²) in [6.45, 7) is 5.06. The number of benzene rings is 1. The molecule has 0 amide bonds. The summed E-state index contributed by atoms with van der Waals surface area (Å²) < 4.78 is 10.5. The topological polar surface area (TPSA) is 55.8 Å². The number of ether oxygens (including phenoxy) is 2. The highest BCUT2D eigenvalue weighted by atomic mass is 16.5. The number of hydrogen-bond acceptors (Lipinski definition) is 5. The van der Waals surface area contributed by atoms with Gasteiger partial charge in [-0.25, -0.2) is 0 Å². The Hall–Kier alpha value is -2.04. The second kappa shape index (κ2) is 6.81. The van der Waals surface area contributed by atoms with E-state index in [-0.39, 0.29) is 30.7 Å². The van der Waals surface area contributed by atoms with Crippen LogP contribution >= 0.6 is 0 Å². The Balaban J connectivity index is 2.13. The molecule has 2 rings (SSSR count). The number of anilines is 1. The highest BCUT2D eigenvalue weighted by Crippen LogP contribution is 2.35. The van der Waals surface area contributed by atoms with Gasteiger partial charge in [-0.3, -0.25) is 9.59 Å². The lowest BCUT2D eigenvalue weighted by molar-refractivity contribution is -0.140. The van der Waals surface area contributed by atoms with Crippen molar-refractivity contribution in [1.82, 2.24) is 0 Å². The number of likely N-dealkylation sites (N-methyl/N-ethyl adjacent to an activating group) is 1. The minimum atomic E-state index is -0.369. The van der Waals surface area contributed by atoms with Crippen molar-refractivity contribution in [2.75, 3.05) is 25.6 Å². The molecule has 22 heavy (non-hydrogen) atoms. The lowest BCUT2D eigenvalue weighted by atomic mass is 10.0. The first kappa shape index (κ1) is 16.3. The molecule has 1 aliphatic rings. The molecule has 5 heteroatoms. The predicted octanol–water partition coefficient (Wildman–Crippen LogP) is 2.68. The quantitative estimate of drug-likeness (QED) is 0.618. The van der Waals surface area contributed by atoms with E-state index in [9.17, 15) is 9.59 Å². The molecule has 1 aliphatic heterocycles. The predicted molar refractivity (Wildman–Crippen MR) is 84.5 cm³/mol. The van der Waals surface area contributed by atoms with E-state index in [0.29, 0.717) is 11.5 Å². The van der Waals surface area contributed by atoms with E-state index in [1.165, 1.54) is 7.11 Å². The Labute approximate surface area is 131 Å². The Morgan fingerprint density at radius 3 is 2.73 bits per heavy atom. The van der Waals surface area contributed by atoms with Crippen molar-refractivity contribution < 1.29 is 19.1 Å². The molecule has 5 nitrogen and oxygen atoms in total. The zero-order valence-electron chi connectivity index (χ0n) is 13.6. The van der Waals surface area contributed by atoms with E-state index < -0.39 is 0 Å². The molecule has 0 saturated heterocycles. The van der Waals surface area contributed by atoms with Crippen LogP contribution in [-0.2, 0) is 9.53 Å². The van der Waals surface area contributed by atoms with Crippen molar-refractivity contribution in [2.45, 2.75) is 32.8 Å².